The molecule has 0 aliphatic heterocycles. The van der Waals surface area contributed by atoms with Crippen LogP contribution in [0.4, 0.5) is 5.69 Å². The van der Waals surface area contributed by atoms with E-state index < -0.39 is 16.0 Å². The topological polar surface area (TPSA) is 77.9 Å². The van der Waals surface area contributed by atoms with E-state index in [9.17, 15) is 13.2 Å². The van der Waals surface area contributed by atoms with Crippen molar-refractivity contribution in [2.75, 3.05) is 32.1 Å². The minimum atomic E-state index is -3.48. The van der Waals surface area contributed by atoms with Gasteiger partial charge < -0.3 is 10.0 Å². The molecule has 7 heteroatoms. The van der Waals surface area contributed by atoms with Gasteiger partial charge in [0, 0.05) is 26.3 Å². The number of nitrogens with zero attached hydrogens (tertiary/aromatic N) is 2. The first kappa shape index (κ1) is 16.2. The van der Waals surface area contributed by atoms with E-state index in [1.165, 1.54) is 26.2 Å². The number of hydrogen-bond acceptors (Lipinski definition) is 4. The summed E-state index contributed by atoms with van der Waals surface area (Å²) in [5.41, 5.74) is 0.630. The summed E-state index contributed by atoms with van der Waals surface area (Å²) in [6.45, 7) is 3.77. The van der Waals surface area contributed by atoms with E-state index in [0.29, 0.717) is 12.2 Å². The Morgan fingerprint density at radius 1 is 1.30 bits per heavy atom. The number of aliphatic carboxylic acids is 1. The van der Waals surface area contributed by atoms with Gasteiger partial charge in [-0.05, 0) is 24.3 Å². The highest BCUT2D eigenvalue weighted by Gasteiger charge is 2.17. The van der Waals surface area contributed by atoms with Crippen molar-refractivity contribution in [3.05, 3.63) is 36.9 Å². The van der Waals surface area contributed by atoms with Crippen LogP contribution in [0.5, 0.6) is 0 Å². The monoisotopic (exact) mass is 298 g/mol. The number of rotatable bonds is 7. The summed E-state index contributed by atoms with van der Waals surface area (Å²) in [4.78, 5) is 12.5. The van der Waals surface area contributed by atoms with E-state index in [1.54, 1.807) is 23.1 Å². The zero-order chi connectivity index (χ0) is 15.3. The van der Waals surface area contributed by atoms with Crippen LogP contribution < -0.4 is 4.90 Å². The van der Waals surface area contributed by atoms with Gasteiger partial charge in [-0.2, -0.15) is 0 Å². The van der Waals surface area contributed by atoms with Crippen LogP contribution >= 0.6 is 0 Å². The van der Waals surface area contributed by atoms with Gasteiger partial charge in [0.1, 0.15) is 6.54 Å². The SMILES string of the molecule is C=CCN(CC(=O)O)c1ccc(S(=O)(=O)N(C)C)cc1. The van der Waals surface area contributed by atoms with E-state index in [1.807, 2.05) is 0 Å². The second kappa shape index (κ2) is 6.53. The van der Waals surface area contributed by atoms with Gasteiger partial charge in [0.25, 0.3) is 0 Å². The zero-order valence-electron chi connectivity index (χ0n) is 11.5. The van der Waals surface area contributed by atoms with E-state index >= 15 is 0 Å². The molecule has 0 saturated carbocycles. The van der Waals surface area contributed by atoms with Crippen LogP contribution in [-0.4, -0.2) is 51.0 Å². The van der Waals surface area contributed by atoms with E-state index in [0.717, 1.165) is 4.31 Å². The largest absolute Gasteiger partial charge is 0.480 e. The van der Waals surface area contributed by atoms with Crippen LogP contribution in [0.3, 0.4) is 0 Å². The molecule has 1 N–H and O–H groups in total. The van der Waals surface area contributed by atoms with E-state index in [2.05, 4.69) is 6.58 Å². The van der Waals surface area contributed by atoms with Crippen molar-refractivity contribution in [1.82, 2.24) is 4.31 Å². The minimum Gasteiger partial charge on any atom is -0.480 e. The lowest BCUT2D eigenvalue weighted by atomic mass is 10.3. The Labute approximate surface area is 119 Å². The highest BCUT2D eigenvalue weighted by Crippen LogP contribution is 2.19. The maximum Gasteiger partial charge on any atom is 0.323 e. The average molecular weight is 298 g/mol. The molecular formula is C13H18N2O4S. The number of sulfonamides is 1. The number of anilines is 1. The summed E-state index contributed by atoms with van der Waals surface area (Å²) in [6, 6.07) is 6.09. The molecule has 1 rings (SSSR count). The highest BCUT2D eigenvalue weighted by molar-refractivity contribution is 7.89. The molecule has 1 aromatic carbocycles. The zero-order valence-corrected chi connectivity index (χ0v) is 12.3. The molecule has 0 unspecified atom stereocenters. The van der Waals surface area contributed by atoms with Crippen molar-refractivity contribution >= 4 is 21.7 Å². The van der Waals surface area contributed by atoms with E-state index in [-0.39, 0.29) is 11.4 Å². The standard InChI is InChI=1S/C13H18N2O4S/c1-4-9-15(10-13(16)17)11-5-7-12(8-6-11)20(18,19)14(2)3/h4-8H,1,9-10H2,2-3H3,(H,16,17). The third kappa shape index (κ3) is 3.82. The first-order valence-electron chi connectivity index (χ1n) is 5.89. The molecule has 0 aromatic heterocycles. The van der Waals surface area contributed by atoms with Crippen molar-refractivity contribution in [1.29, 1.82) is 0 Å². The smallest absolute Gasteiger partial charge is 0.323 e. The minimum absolute atomic E-state index is 0.167. The summed E-state index contributed by atoms with van der Waals surface area (Å²) in [5, 5.41) is 8.85. The van der Waals surface area contributed by atoms with E-state index in [4.69, 9.17) is 5.11 Å². The molecule has 0 radical (unpaired) electrons. The number of carbonyl (C=O) groups is 1. The molecule has 0 spiro atoms. The van der Waals surface area contributed by atoms with Crippen LogP contribution in [-0.2, 0) is 14.8 Å². The highest BCUT2D eigenvalue weighted by atomic mass is 32.2. The maximum absolute atomic E-state index is 11.9. The van der Waals surface area contributed by atoms with Gasteiger partial charge in [-0.15, -0.1) is 6.58 Å². The summed E-state index contributed by atoms with van der Waals surface area (Å²) in [5.74, 6) is -0.961. The molecule has 6 nitrogen and oxygen atoms in total. The summed E-state index contributed by atoms with van der Waals surface area (Å²) in [6.07, 6.45) is 1.59. The third-order valence-electron chi connectivity index (χ3n) is 2.66. The molecular weight excluding hydrogens is 280 g/mol. The van der Waals surface area contributed by atoms with Crippen LogP contribution in [0.2, 0.25) is 0 Å². The van der Waals surface area contributed by atoms with Gasteiger partial charge in [-0.25, -0.2) is 12.7 Å². The Bertz CT molecular complexity index is 579. The van der Waals surface area contributed by atoms with Gasteiger partial charge >= 0.3 is 5.97 Å². The van der Waals surface area contributed by atoms with Crippen molar-refractivity contribution in [2.24, 2.45) is 0 Å². The Morgan fingerprint density at radius 3 is 2.25 bits per heavy atom. The number of carboxylic acids is 1. The Balaban J connectivity index is 3.05. The van der Waals surface area contributed by atoms with Crippen molar-refractivity contribution in [3.63, 3.8) is 0 Å². The van der Waals surface area contributed by atoms with Crippen molar-refractivity contribution < 1.29 is 18.3 Å². The van der Waals surface area contributed by atoms with Crippen LogP contribution in [0.15, 0.2) is 41.8 Å². The van der Waals surface area contributed by atoms with Crippen LogP contribution in [0.1, 0.15) is 0 Å². The number of benzene rings is 1. The molecule has 0 bridgehead atoms. The second-order valence-electron chi connectivity index (χ2n) is 4.34. The molecule has 1 aromatic rings. The fourth-order valence-corrected chi connectivity index (χ4v) is 2.52. The molecule has 0 amide bonds. The summed E-state index contributed by atoms with van der Waals surface area (Å²) < 4.78 is 25.0. The Morgan fingerprint density at radius 2 is 1.85 bits per heavy atom. The lowest BCUT2D eigenvalue weighted by Gasteiger charge is -2.21. The quantitative estimate of drug-likeness (QED) is 0.760. The molecule has 20 heavy (non-hydrogen) atoms. The molecule has 0 heterocycles. The fourth-order valence-electron chi connectivity index (χ4n) is 1.62. The first-order chi connectivity index (χ1) is 9.28. The van der Waals surface area contributed by atoms with Gasteiger partial charge in [0.2, 0.25) is 10.0 Å². The normalized spacial score (nSPS) is 11.3. The third-order valence-corrected chi connectivity index (χ3v) is 4.49. The molecule has 0 aliphatic carbocycles. The Hall–Kier alpha value is -1.86. The fraction of sp³-hybridized carbons (Fsp3) is 0.308. The van der Waals surface area contributed by atoms with Gasteiger partial charge in [0.15, 0.2) is 0 Å². The number of carboxylic acid groups (broad SMARTS) is 1. The predicted octanol–water partition coefficient (Wildman–Crippen LogP) is 1.01. The molecule has 0 fully saturated rings. The van der Waals surface area contributed by atoms with Gasteiger partial charge in [0.05, 0.1) is 4.90 Å². The van der Waals surface area contributed by atoms with Crippen molar-refractivity contribution in [2.45, 2.75) is 4.90 Å². The second-order valence-corrected chi connectivity index (χ2v) is 6.50. The summed E-state index contributed by atoms with van der Waals surface area (Å²) in [7, 11) is -0.564. The van der Waals surface area contributed by atoms with Gasteiger partial charge in [-0.1, -0.05) is 6.08 Å². The van der Waals surface area contributed by atoms with Crippen LogP contribution in [0, 0.1) is 0 Å². The summed E-state index contributed by atoms with van der Waals surface area (Å²) >= 11 is 0. The molecule has 110 valence electrons. The predicted molar refractivity (Wildman–Crippen MR) is 77.4 cm³/mol. The maximum atomic E-state index is 11.9. The lowest BCUT2D eigenvalue weighted by molar-refractivity contribution is -0.135. The molecule has 0 aliphatic rings. The van der Waals surface area contributed by atoms with Gasteiger partial charge in [-0.3, -0.25) is 4.79 Å². The average Bonchev–Trinajstić information content (AvgIpc) is 2.37. The molecule has 0 atom stereocenters. The lowest BCUT2D eigenvalue weighted by Crippen LogP contribution is -2.29. The van der Waals surface area contributed by atoms with Crippen molar-refractivity contribution in [3.8, 4) is 0 Å². The van der Waals surface area contributed by atoms with Crippen LogP contribution in [0.25, 0.3) is 0 Å². The first-order valence-corrected chi connectivity index (χ1v) is 7.33. The molecule has 0 saturated heterocycles. The number of hydrogen-bond donors (Lipinski definition) is 1. The Kier molecular flexibility index (Phi) is 5.29.